The van der Waals surface area contributed by atoms with E-state index in [-0.39, 0.29) is 5.91 Å². The van der Waals surface area contributed by atoms with Gasteiger partial charge in [0.25, 0.3) is 0 Å². The first-order valence-corrected chi connectivity index (χ1v) is 7.23. The number of hydrogen-bond donors (Lipinski definition) is 2. The van der Waals surface area contributed by atoms with Crippen LogP contribution in [0.25, 0.3) is 0 Å². The zero-order valence-electron chi connectivity index (χ0n) is 12.0. The molecule has 1 fully saturated rings. The van der Waals surface area contributed by atoms with Crippen molar-refractivity contribution in [2.24, 2.45) is 0 Å². The van der Waals surface area contributed by atoms with Gasteiger partial charge < -0.3 is 15.4 Å². The molecule has 1 heterocycles. The number of anilines is 1. The third kappa shape index (κ3) is 4.83. The van der Waals surface area contributed by atoms with Crippen LogP contribution in [0.15, 0.2) is 24.3 Å². The molecule has 0 unspecified atom stereocenters. The first-order chi connectivity index (χ1) is 9.78. The van der Waals surface area contributed by atoms with Gasteiger partial charge in [-0.15, -0.1) is 0 Å². The lowest BCUT2D eigenvalue weighted by atomic mass is 10.3. The van der Waals surface area contributed by atoms with Gasteiger partial charge in [-0.25, -0.2) is 0 Å². The van der Waals surface area contributed by atoms with Crippen LogP contribution in [0.2, 0.25) is 0 Å². The van der Waals surface area contributed by atoms with E-state index < -0.39 is 0 Å². The van der Waals surface area contributed by atoms with E-state index in [1.54, 1.807) is 0 Å². The van der Waals surface area contributed by atoms with Crippen molar-refractivity contribution in [2.45, 2.75) is 13.3 Å². The van der Waals surface area contributed by atoms with Crippen molar-refractivity contribution in [1.29, 1.82) is 0 Å². The van der Waals surface area contributed by atoms with E-state index >= 15 is 0 Å². The summed E-state index contributed by atoms with van der Waals surface area (Å²) in [6.07, 6.45) is 0.972. The molecule has 5 nitrogen and oxygen atoms in total. The number of rotatable bonds is 6. The predicted molar refractivity (Wildman–Crippen MR) is 80.2 cm³/mol. The summed E-state index contributed by atoms with van der Waals surface area (Å²) in [6, 6.07) is 7.55. The molecule has 0 spiro atoms. The van der Waals surface area contributed by atoms with E-state index in [0.717, 1.165) is 44.0 Å². The molecule has 5 heteroatoms. The van der Waals surface area contributed by atoms with Crippen LogP contribution < -0.4 is 15.4 Å². The van der Waals surface area contributed by atoms with E-state index in [2.05, 4.69) is 22.5 Å². The Kier molecular flexibility index (Phi) is 5.83. The van der Waals surface area contributed by atoms with Crippen molar-refractivity contribution in [2.75, 3.05) is 44.6 Å². The average Bonchev–Trinajstić information content (AvgIpc) is 2.46. The fraction of sp³-hybridized carbons (Fsp3) is 0.533. The number of nitrogens with one attached hydrogen (secondary N) is 2. The van der Waals surface area contributed by atoms with Crippen molar-refractivity contribution in [3.63, 3.8) is 0 Å². The van der Waals surface area contributed by atoms with Crippen LogP contribution in [0.1, 0.15) is 13.3 Å². The summed E-state index contributed by atoms with van der Waals surface area (Å²) in [4.78, 5) is 14.1. The van der Waals surface area contributed by atoms with Gasteiger partial charge in [0, 0.05) is 37.9 Å². The highest BCUT2D eigenvalue weighted by molar-refractivity contribution is 5.92. The SMILES string of the molecule is CCCOc1cccc(NC(=O)CN2CCNCC2)c1. The molecule has 0 bridgehead atoms. The Balaban J connectivity index is 1.83. The van der Waals surface area contributed by atoms with E-state index in [0.29, 0.717) is 13.2 Å². The second-order valence-electron chi connectivity index (χ2n) is 4.95. The quantitative estimate of drug-likeness (QED) is 0.823. The summed E-state index contributed by atoms with van der Waals surface area (Å²) in [5.41, 5.74) is 0.790. The third-order valence-electron chi connectivity index (χ3n) is 3.17. The van der Waals surface area contributed by atoms with Gasteiger partial charge in [-0.3, -0.25) is 9.69 Å². The van der Waals surface area contributed by atoms with Gasteiger partial charge in [0.15, 0.2) is 0 Å². The third-order valence-corrected chi connectivity index (χ3v) is 3.17. The Morgan fingerprint density at radius 1 is 1.40 bits per heavy atom. The molecule has 1 saturated heterocycles. The van der Waals surface area contributed by atoms with Crippen molar-refractivity contribution in [1.82, 2.24) is 10.2 Å². The van der Waals surface area contributed by atoms with Crippen molar-refractivity contribution < 1.29 is 9.53 Å². The molecule has 1 amide bonds. The number of hydrogen-bond acceptors (Lipinski definition) is 4. The van der Waals surface area contributed by atoms with Crippen molar-refractivity contribution in [3.05, 3.63) is 24.3 Å². The van der Waals surface area contributed by atoms with Crippen LogP contribution in [0.4, 0.5) is 5.69 Å². The van der Waals surface area contributed by atoms with Crippen LogP contribution in [0, 0.1) is 0 Å². The first-order valence-electron chi connectivity index (χ1n) is 7.23. The van der Waals surface area contributed by atoms with E-state index in [1.165, 1.54) is 0 Å². The lowest BCUT2D eigenvalue weighted by Gasteiger charge is -2.26. The average molecular weight is 277 g/mol. The molecule has 110 valence electrons. The van der Waals surface area contributed by atoms with Gasteiger partial charge in [-0.2, -0.15) is 0 Å². The second kappa shape index (κ2) is 7.87. The molecular weight excluding hydrogens is 254 g/mol. The van der Waals surface area contributed by atoms with Crippen LogP contribution in [0.5, 0.6) is 5.75 Å². The number of benzene rings is 1. The van der Waals surface area contributed by atoms with Gasteiger partial charge in [-0.1, -0.05) is 13.0 Å². The zero-order valence-corrected chi connectivity index (χ0v) is 12.0. The van der Waals surface area contributed by atoms with Gasteiger partial charge in [0.1, 0.15) is 5.75 Å². The minimum Gasteiger partial charge on any atom is -0.494 e. The molecule has 0 radical (unpaired) electrons. The van der Waals surface area contributed by atoms with Gasteiger partial charge in [0.05, 0.1) is 13.2 Å². The summed E-state index contributed by atoms with van der Waals surface area (Å²) < 4.78 is 5.56. The van der Waals surface area contributed by atoms with Gasteiger partial charge in [0.2, 0.25) is 5.91 Å². The lowest BCUT2D eigenvalue weighted by molar-refractivity contribution is -0.117. The maximum atomic E-state index is 12.0. The summed E-state index contributed by atoms with van der Waals surface area (Å²) in [7, 11) is 0. The highest BCUT2D eigenvalue weighted by Gasteiger charge is 2.13. The Hall–Kier alpha value is -1.59. The molecular formula is C15H23N3O2. The van der Waals surface area contributed by atoms with E-state index in [9.17, 15) is 4.79 Å². The Labute approximate surface area is 120 Å². The molecule has 1 aliphatic rings. The first kappa shape index (κ1) is 14.8. The molecule has 0 aromatic heterocycles. The van der Waals surface area contributed by atoms with Crippen LogP contribution in [-0.4, -0.2) is 50.1 Å². The number of ether oxygens (including phenoxy) is 1. The highest BCUT2D eigenvalue weighted by Crippen LogP contribution is 2.17. The number of amides is 1. The predicted octanol–water partition coefficient (Wildman–Crippen LogP) is 1.32. The summed E-state index contributed by atoms with van der Waals surface area (Å²) in [5.74, 6) is 0.825. The number of nitrogens with zero attached hydrogens (tertiary/aromatic N) is 1. The summed E-state index contributed by atoms with van der Waals surface area (Å²) in [6.45, 7) is 6.96. The van der Waals surface area contributed by atoms with Crippen LogP contribution in [-0.2, 0) is 4.79 Å². The molecule has 0 atom stereocenters. The topological polar surface area (TPSA) is 53.6 Å². The van der Waals surface area contributed by atoms with Crippen LogP contribution >= 0.6 is 0 Å². The maximum Gasteiger partial charge on any atom is 0.238 e. The van der Waals surface area contributed by atoms with Gasteiger partial charge in [-0.05, 0) is 18.6 Å². The Morgan fingerprint density at radius 3 is 2.95 bits per heavy atom. The minimum atomic E-state index is 0.0274. The Morgan fingerprint density at radius 2 is 2.20 bits per heavy atom. The van der Waals surface area contributed by atoms with Crippen LogP contribution in [0.3, 0.4) is 0 Å². The standard InChI is InChI=1S/C15H23N3O2/c1-2-10-20-14-5-3-4-13(11-14)17-15(19)12-18-8-6-16-7-9-18/h3-5,11,16H,2,6-10,12H2,1H3,(H,17,19). The summed E-state index contributed by atoms with van der Waals surface area (Å²) >= 11 is 0. The number of piperazine rings is 1. The largest absolute Gasteiger partial charge is 0.494 e. The molecule has 20 heavy (non-hydrogen) atoms. The fourth-order valence-corrected chi connectivity index (χ4v) is 2.16. The monoisotopic (exact) mass is 277 g/mol. The minimum absolute atomic E-state index is 0.0274. The molecule has 0 aliphatic carbocycles. The van der Waals surface area contributed by atoms with Gasteiger partial charge >= 0.3 is 0 Å². The van der Waals surface area contributed by atoms with Crippen molar-refractivity contribution >= 4 is 11.6 Å². The normalized spacial score (nSPS) is 15.8. The maximum absolute atomic E-state index is 12.0. The van der Waals surface area contributed by atoms with E-state index in [1.807, 2.05) is 24.3 Å². The Bertz CT molecular complexity index is 431. The molecule has 1 aromatic carbocycles. The molecule has 2 N–H and O–H groups in total. The summed E-state index contributed by atoms with van der Waals surface area (Å²) in [5, 5.41) is 6.20. The molecule has 2 rings (SSSR count). The number of carbonyl (C=O) groups excluding carboxylic acids is 1. The second-order valence-corrected chi connectivity index (χ2v) is 4.95. The smallest absolute Gasteiger partial charge is 0.238 e. The highest BCUT2D eigenvalue weighted by atomic mass is 16.5. The molecule has 1 aliphatic heterocycles. The van der Waals surface area contributed by atoms with Crippen molar-refractivity contribution in [3.8, 4) is 5.75 Å². The molecule has 1 aromatic rings. The number of carbonyl (C=O) groups is 1. The fourth-order valence-electron chi connectivity index (χ4n) is 2.16. The zero-order chi connectivity index (χ0) is 14.2. The molecule has 0 saturated carbocycles. The lowest BCUT2D eigenvalue weighted by Crippen LogP contribution is -2.46. The van der Waals surface area contributed by atoms with E-state index in [4.69, 9.17) is 4.74 Å².